The number of rotatable bonds is 8. The Labute approximate surface area is 123 Å². The molecule has 1 unspecified atom stereocenters. The Morgan fingerprint density at radius 1 is 1.29 bits per heavy atom. The molecule has 0 spiro atoms. The first-order valence-corrected chi connectivity index (χ1v) is 7.02. The van der Waals surface area contributed by atoms with E-state index in [0.717, 1.165) is 25.7 Å². The van der Waals surface area contributed by atoms with E-state index in [-0.39, 0.29) is 25.2 Å². The zero-order valence-corrected chi connectivity index (χ0v) is 12.0. The van der Waals surface area contributed by atoms with Crippen LogP contribution in [0.2, 0.25) is 6.32 Å². The number of halogens is 2. The maximum Gasteiger partial charge on any atom is 0.451 e. The first-order chi connectivity index (χ1) is 9.80. The molecule has 1 fully saturated rings. The van der Waals surface area contributed by atoms with Crippen LogP contribution in [0.5, 0.6) is 0 Å². The maximum atomic E-state index is 12.9. The van der Waals surface area contributed by atoms with E-state index in [1.54, 1.807) is 4.90 Å². The van der Waals surface area contributed by atoms with Gasteiger partial charge in [0.15, 0.2) is 0 Å². The number of hydrogen-bond donors (Lipinski definition) is 3. The van der Waals surface area contributed by atoms with Gasteiger partial charge in [-0.1, -0.05) is 12.8 Å². The van der Waals surface area contributed by atoms with Crippen molar-refractivity contribution >= 4 is 13.3 Å². The molecular weight excluding hydrogens is 285 g/mol. The van der Waals surface area contributed by atoms with Crippen LogP contribution in [0.15, 0.2) is 0 Å². The molecule has 1 atom stereocenters. The molecule has 0 aromatic carbocycles. The second-order valence-corrected chi connectivity index (χ2v) is 5.28. The average molecular weight is 308 g/mol. The van der Waals surface area contributed by atoms with E-state index < -0.39 is 13.0 Å². The van der Waals surface area contributed by atoms with E-state index in [9.17, 15) is 8.78 Å². The minimum Gasteiger partial charge on any atom is -0.427 e. The van der Waals surface area contributed by atoms with E-state index in [0.29, 0.717) is 19.4 Å². The third-order valence-electron chi connectivity index (χ3n) is 3.35. The molecule has 6 nitrogen and oxygen atoms in total. The van der Waals surface area contributed by atoms with Crippen LogP contribution in [0.1, 0.15) is 32.1 Å². The van der Waals surface area contributed by atoms with Gasteiger partial charge in [0, 0.05) is 19.0 Å². The second-order valence-electron chi connectivity index (χ2n) is 5.28. The van der Waals surface area contributed by atoms with Crippen molar-refractivity contribution < 1.29 is 28.4 Å². The molecule has 1 aliphatic rings. The molecule has 122 valence electrons. The van der Waals surface area contributed by atoms with Crippen molar-refractivity contribution in [2.75, 3.05) is 19.6 Å². The van der Waals surface area contributed by atoms with Crippen molar-refractivity contribution in [2.24, 2.45) is 5.73 Å². The van der Waals surface area contributed by atoms with Gasteiger partial charge in [0.2, 0.25) is 0 Å². The number of nitrogens with two attached hydrogens (primary N) is 1. The molecule has 21 heavy (non-hydrogen) atoms. The lowest BCUT2D eigenvalue weighted by Gasteiger charge is -2.18. The average Bonchev–Trinajstić information content (AvgIpc) is 2.73. The number of nitrogens with zero attached hydrogens (tertiary/aromatic N) is 1. The quantitative estimate of drug-likeness (QED) is 0.434. The fourth-order valence-corrected chi connectivity index (χ4v) is 2.22. The van der Waals surface area contributed by atoms with Gasteiger partial charge >= 0.3 is 13.3 Å². The summed E-state index contributed by atoms with van der Waals surface area (Å²) in [4.78, 5) is 18.0. The predicted molar refractivity (Wildman–Crippen MR) is 72.5 cm³/mol. The van der Waals surface area contributed by atoms with Gasteiger partial charge in [-0.15, -0.1) is 0 Å². The number of carbonyl (C=O) groups excluding carboxylic acids is 2. The lowest BCUT2D eigenvalue weighted by Crippen LogP contribution is -2.31. The highest BCUT2D eigenvalue weighted by Gasteiger charge is 2.37. The van der Waals surface area contributed by atoms with Crippen molar-refractivity contribution in [1.29, 1.82) is 0 Å². The van der Waals surface area contributed by atoms with Gasteiger partial charge in [0.25, 0.3) is 5.92 Å². The Balaban J connectivity index is 0.00000122. The molecule has 0 aromatic rings. The zero-order chi connectivity index (χ0) is 16.3. The van der Waals surface area contributed by atoms with Gasteiger partial charge in [0.05, 0.1) is 6.54 Å². The van der Waals surface area contributed by atoms with Crippen LogP contribution >= 0.6 is 0 Å². The molecule has 9 heteroatoms. The molecular formula is C12H23BF2N2O4. The summed E-state index contributed by atoms with van der Waals surface area (Å²) in [6, 6.07) is 0.00931. The maximum absolute atomic E-state index is 12.9. The van der Waals surface area contributed by atoms with Crippen LogP contribution < -0.4 is 5.73 Å². The highest BCUT2D eigenvalue weighted by Crippen LogP contribution is 2.26. The number of hydrogen-bond acceptors (Lipinski definition) is 6. The Kier molecular flexibility index (Phi) is 10.4. The first kappa shape index (κ1) is 20.1. The summed E-state index contributed by atoms with van der Waals surface area (Å²) in [5.41, 5.74) is 5.90. The fraction of sp³-hybridized carbons (Fsp3) is 0.917. The fourth-order valence-electron chi connectivity index (χ4n) is 2.22. The smallest absolute Gasteiger partial charge is 0.427 e. The summed E-state index contributed by atoms with van der Waals surface area (Å²) in [5, 5.41) is 17.3. The van der Waals surface area contributed by atoms with E-state index in [2.05, 4.69) is 0 Å². The Bertz CT molecular complexity index is 316. The molecule has 1 saturated heterocycles. The molecule has 1 heterocycles. The van der Waals surface area contributed by atoms with E-state index >= 15 is 0 Å². The summed E-state index contributed by atoms with van der Waals surface area (Å²) in [5.74, 6) is -2.53. The molecule has 0 aliphatic carbocycles. The standard InChI is InChI=1S/C11H23BF2N2O2.CO2/c13-11(14)5-8-16(9-11)7-4-10(15)3-1-2-6-12(17)18;2-1-3/h10,17-18H,1-9,15H2;. The number of alkyl halides is 2. The third-order valence-corrected chi connectivity index (χ3v) is 3.35. The van der Waals surface area contributed by atoms with Crippen LogP contribution in [0.25, 0.3) is 0 Å². The van der Waals surface area contributed by atoms with Crippen molar-refractivity contribution in [3.05, 3.63) is 0 Å². The Hall–Kier alpha value is -0.855. The topological polar surface area (TPSA) is 104 Å². The molecule has 0 radical (unpaired) electrons. The third kappa shape index (κ3) is 11.5. The Morgan fingerprint density at radius 3 is 2.38 bits per heavy atom. The van der Waals surface area contributed by atoms with E-state index in [1.807, 2.05) is 0 Å². The summed E-state index contributed by atoms with van der Waals surface area (Å²) < 4.78 is 25.8. The highest BCUT2D eigenvalue weighted by molar-refractivity contribution is 6.40. The zero-order valence-electron chi connectivity index (χ0n) is 12.0. The molecule has 0 saturated carbocycles. The van der Waals surface area contributed by atoms with Crippen molar-refractivity contribution in [3.63, 3.8) is 0 Å². The summed E-state index contributed by atoms with van der Waals surface area (Å²) in [6.45, 7) is 0.937. The van der Waals surface area contributed by atoms with Crippen LogP contribution in [0.3, 0.4) is 0 Å². The van der Waals surface area contributed by atoms with E-state index in [4.69, 9.17) is 25.4 Å². The molecule has 0 bridgehead atoms. The molecule has 1 rings (SSSR count). The van der Waals surface area contributed by atoms with Crippen LogP contribution in [-0.2, 0) is 9.59 Å². The van der Waals surface area contributed by atoms with Gasteiger partial charge in [-0.3, -0.25) is 4.90 Å². The summed E-state index contributed by atoms with van der Waals surface area (Å²) >= 11 is 0. The summed E-state index contributed by atoms with van der Waals surface area (Å²) in [7, 11) is -1.24. The largest absolute Gasteiger partial charge is 0.451 e. The van der Waals surface area contributed by atoms with Gasteiger partial charge < -0.3 is 15.8 Å². The van der Waals surface area contributed by atoms with Gasteiger partial charge in [-0.2, -0.15) is 9.59 Å². The predicted octanol–water partition coefficient (Wildman–Crippen LogP) is 0.104. The molecule has 0 aromatic heterocycles. The summed E-state index contributed by atoms with van der Waals surface area (Å²) in [6.07, 6.45) is 3.67. The normalized spacial score (nSPS) is 18.5. The minimum atomic E-state index is -2.53. The van der Waals surface area contributed by atoms with Crippen molar-refractivity contribution in [3.8, 4) is 0 Å². The van der Waals surface area contributed by atoms with Crippen LogP contribution in [-0.4, -0.2) is 59.8 Å². The van der Waals surface area contributed by atoms with E-state index in [1.165, 1.54) is 0 Å². The van der Waals surface area contributed by atoms with Gasteiger partial charge in [-0.25, -0.2) is 8.78 Å². The lowest BCUT2D eigenvalue weighted by atomic mass is 9.83. The van der Waals surface area contributed by atoms with Crippen LogP contribution in [0.4, 0.5) is 8.78 Å². The SMILES string of the molecule is NC(CCCCB(O)O)CCN1CCC(F)(F)C1.O=C=O. The monoisotopic (exact) mass is 308 g/mol. The highest BCUT2D eigenvalue weighted by atomic mass is 19.3. The van der Waals surface area contributed by atoms with Gasteiger partial charge in [0.1, 0.15) is 0 Å². The number of unbranched alkanes of at least 4 members (excludes halogenated alkanes) is 1. The van der Waals surface area contributed by atoms with Crippen LogP contribution in [0, 0.1) is 0 Å². The minimum absolute atomic E-state index is 0.00931. The lowest BCUT2D eigenvalue weighted by molar-refractivity contribution is -0.191. The van der Waals surface area contributed by atoms with Gasteiger partial charge in [-0.05, 0) is 25.7 Å². The van der Waals surface area contributed by atoms with Crippen molar-refractivity contribution in [1.82, 2.24) is 4.90 Å². The molecule has 4 N–H and O–H groups in total. The molecule has 0 amide bonds. The van der Waals surface area contributed by atoms with Crippen molar-refractivity contribution in [2.45, 2.75) is 50.4 Å². The molecule has 1 aliphatic heterocycles. The second kappa shape index (κ2) is 10.8. The first-order valence-electron chi connectivity index (χ1n) is 7.02. The number of likely N-dealkylation sites (tertiary alicyclic amines) is 1. The Morgan fingerprint density at radius 2 is 1.90 bits per heavy atom.